The summed E-state index contributed by atoms with van der Waals surface area (Å²) in [5, 5.41) is 0. The number of rotatable bonds is 0. The minimum atomic E-state index is -0.172. The van der Waals surface area contributed by atoms with Crippen LogP contribution in [0.25, 0.3) is 0 Å². The second-order valence-electron chi connectivity index (χ2n) is 5.02. The molecule has 0 radical (unpaired) electrons. The zero-order valence-corrected chi connectivity index (χ0v) is 9.68. The summed E-state index contributed by atoms with van der Waals surface area (Å²) in [5.74, 6) is 0.658. The van der Waals surface area contributed by atoms with Gasteiger partial charge in [0.05, 0.1) is 5.92 Å². The van der Waals surface area contributed by atoms with Crippen LogP contribution in [0.15, 0.2) is 24.3 Å². The first-order valence-electron chi connectivity index (χ1n) is 5.99. The highest BCUT2D eigenvalue weighted by Crippen LogP contribution is 2.46. The first-order chi connectivity index (χ1) is 8.16. The topological polar surface area (TPSA) is 43.4 Å². The molecule has 1 aromatic rings. The third-order valence-corrected chi connectivity index (χ3v) is 3.84. The smallest absolute Gasteiger partial charge is 0.315 e. The maximum atomic E-state index is 12.0. The molecule has 0 N–H and O–H groups in total. The largest absolute Gasteiger partial charge is 0.426 e. The molecule has 1 aliphatic carbocycles. The van der Waals surface area contributed by atoms with Crippen molar-refractivity contribution in [3.63, 3.8) is 0 Å². The molecule has 3 atom stereocenters. The molecule has 17 heavy (non-hydrogen) atoms. The molecule has 88 valence electrons. The van der Waals surface area contributed by atoms with Crippen molar-refractivity contribution >= 4 is 11.8 Å². The SMILES string of the molecule is C[C@H]1CC(=O)C[C@@H]2c3ccccc3OC(=O)[C@@H]21. The van der Waals surface area contributed by atoms with E-state index in [1.807, 2.05) is 25.1 Å². The molecule has 1 saturated carbocycles. The van der Waals surface area contributed by atoms with Gasteiger partial charge < -0.3 is 4.74 Å². The molecule has 0 spiro atoms. The van der Waals surface area contributed by atoms with Crippen LogP contribution in [0.4, 0.5) is 0 Å². The first-order valence-corrected chi connectivity index (χ1v) is 5.99. The number of fused-ring (bicyclic) bond motifs is 3. The van der Waals surface area contributed by atoms with Gasteiger partial charge in [0.15, 0.2) is 0 Å². The Morgan fingerprint density at radius 2 is 1.94 bits per heavy atom. The van der Waals surface area contributed by atoms with Crippen molar-refractivity contribution in [3.05, 3.63) is 29.8 Å². The normalized spacial score (nSPS) is 31.5. The lowest BCUT2D eigenvalue weighted by molar-refractivity contribution is -0.145. The number of ether oxygens (including phenoxy) is 1. The molecule has 3 heteroatoms. The van der Waals surface area contributed by atoms with E-state index in [1.165, 1.54) is 0 Å². The Hall–Kier alpha value is -1.64. The van der Waals surface area contributed by atoms with Gasteiger partial charge in [0, 0.05) is 18.8 Å². The molecule has 0 saturated heterocycles. The third kappa shape index (κ3) is 1.57. The Labute approximate surface area is 99.8 Å². The number of hydrogen-bond acceptors (Lipinski definition) is 3. The van der Waals surface area contributed by atoms with Crippen molar-refractivity contribution < 1.29 is 14.3 Å². The van der Waals surface area contributed by atoms with Crippen molar-refractivity contribution in [2.75, 3.05) is 0 Å². The number of esters is 1. The number of benzene rings is 1. The molecule has 1 aromatic carbocycles. The van der Waals surface area contributed by atoms with Crippen molar-refractivity contribution in [2.24, 2.45) is 11.8 Å². The van der Waals surface area contributed by atoms with E-state index in [4.69, 9.17) is 4.74 Å². The third-order valence-electron chi connectivity index (χ3n) is 3.84. The van der Waals surface area contributed by atoms with Crippen LogP contribution in [0.1, 0.15) is 31.2 Å². The highest BCUT2D eigenvalue weighted by molar-refractivity contribution is 5.87. The van der Waals surface area contributed by atoms with Gasteiger partial charge in [0.25, 0.3) is 0 Å². The Morgan fingerprint density at radius 1 is 1.18 bits per heavy atom. The predicted molar refractivity (Wildman–Crippen MR) is 61.7 cm³/mol. The van der Waals surface area contributed by atoms with Gasteiger partial charge in [0.1, 0.15) is 11.5 Å². The van der Waals surface area contributed by atoms with Crippen molar-refractivity contribution in [2.45, 2.75) is 25.7 Å². The van der Waals surface area contributed by atoms with Crippen LogP contribution in [-0.4, -0.2) is 11.8 Å². The number of Topliss-reactive ketones (excluding diaryl/α,β-unsaturated/α-hetero) is 1. The molecule has 1 heterocycles. The molecule has 1 aliphatic heterocycles. The lowest BCUT2D eigenvalue weighted by Gasteiger charge is -2.38. The average Bonchev–Trinajstić information content (AvgIpc) is 2.28. The zero-order chi connectivity index (χ0) is 12.0. The molecule has 0 bridgehead atoms. The number of carbonyl (C=O) groups excluding carboxylic acids is 2. The van der Waals surface area contributed by atoms with Crippen LogP contribution in [0.5, 0.6) is 5.75 Å². The van der Waals surface area contributed by atoms with Crippen molar-refractivity contribution in [1.29, 1.82) is 0 Å². The minimum absolute atomic E-state index is 0.0173. The molecule has 0 aromatic heterocycles. The number of carbonyl (C=O) groups is 2. The van der Waals surface area contributed by atoms with Gasteiger partial charge in [0.2, 0.25) is 0 Å². The standard InChI is InChI=1S/C14H14O3/c1-8-6-9(15)7-11-10-4-2-3-5-12(10)17-14(16)13(8)11/h2-5,8,11,13H,6-7H2,1H3/t8-,11+,13+/m0/s1. The van der Waals surface area contributed by atoms with Gasteiger partial charge in [-0.15, -0.1) is 0 Å². The lowest BCUT2D eigenvalue weighted by atomic mass is 9.68. The molecule has 3 nitrogen and oxygen atoms in total. The Balaban J connectivity index is 2.08. The van der Waals surface area contributed by atoms with Gasteiger partial charge in [-0.25, -0.2) is 0 Å². The van der Waals surface area contributed by atoms with E-state index >= 15 is 0 Å². The van der Waals surface area contributed by atoms with Crippen LogP contribution in [0.3, 0.4) is 0 Å². The summed E-state index contributed by atoms with van der Waals surface area (Å²) in [6.45, 7) is 1.96. The molecule has 3 rings (SSSR count). The van der Waals surface area contributed by atoms with Crippen LogP contribution in [0.2, 0.25) is 0 Å². The van der Waals surface area contributed by atoms with E-state index in [2.05, 4.69) is 0 Å². The van der Waals surface area contributed by atoms with E-state index in [1.54, 1.807) is 6.07 Å². The number of ketones is 1. The Kier molecular flexibility index (Phi) is 2.28. The summed E-state index contributed by atoms with van der Waals surface area (Å²) in [4.78, 5) is 23.7. The summed E-state index contributed by atoms with van der Waals surface area (Å²) in [6.07, 6.45) is 0.972. The van der Waals surface area contributed by atoms with E-state index in [9.17, 15) is 9.59 Å². The Morgan fingerprint density at radius 3 is 2.76 bits per heavy atom. The second-order valence-corrected chi connectivity index (χ2v) is 5.02. The molecule has 0 unspecified atom stereocenters. The van der Waals surface area contributed by atoms with Gasteiger partial charge in [-0.1, -0.05) is 25.1 Å². The minimum Gasteiger partial charge on any atom is -0.426 e. The van der Waals surface area contributed by atoms with Gasteiger partial charge in [-0.2, -0.15) is 0 Å². The number of hydrogen-bond donors (Lipinski definition) is 0. The molecular weight excluding hydrogens is 216 g/mol. The predicted octanol–water partition coefficient (Wildman–Crippen LogP) is 2.30. The summed E-state index contributed by atoms with van der Waals surface area (Å²) >= 11 is 0. The fraction of sp³-hybridized carbons (Fsp3) is 0.429. The lowest BCUT2D eigenvalue weighted by Crippen LogP contribution is -2.40. The molecular formula is C14H14O3. The van der Waals surface area contributed by atoms with E-state index < -0.39 is 0 Å². The van der Waals surface area contributed by atoms with E-state index in [0.29, 0.717) is 18.6 Å². The molecule has 0 amide bonds. The number of para-hydroxylation sites is 1. The van der Waals surface area contributed by atoms with Gasteiger partial charge in [-0.3, -0.25) is 9.59 Å². The maximum absolute atomic E-state index is 12.0. The fourth-order valence-corrected chi connectivity index (χ4v) is 3.09. The monoisotopic (exact) mass is 230 g/mol. The quantitative estimate of drug-likeness (QED) is 0.507. The summed E-state index contributed by atoms with van der Waals surface area (Å²) in [5.41, 5.74) is 1.01. The van der Waals surface area contributed by atoms with Gasteiger partial charge in [-0.05, 0) is 17.5 Å². The van der Waals surface area contributed by atoms with Gasteiger partial charge >= 0.3 is 5.97 Å². The first kappa shape index (κ1) is 10.5. The maximum Gasteiger partial charge on any atom is 0.315 e. The highest BCUT2D eigenvalue weighted by Gasteiger charge is 2.45. The summed E-state index contributed by atoms with van der Waals surface area (Å²) in [6, 6.07) is 7.54. The van der Waals surface area contributed by atoms with E-state index in [-0.39, 0.29) is 29.5 Å². The van der Waals surface area contributed by atoms with Crippen molar-refractivity contribution in [3.8, 4) is 5.75 Å². The zero-order valence-electron chi connectivity index (χ0n) is 9.68. The van der Waals surface area contributed by atoms with E-state index in [0.717, 1.165) is 5.56 Å². The molecule has 1 fully saturated rings. The van der Waals surface area contributed by atoms with Crippen LogP contribution < -0.4 is 4.74 Å². The van der Waals surface area contributed by atoms with Crippen molar-refractivity contribution in [1.82, 2.24) is 0 Å². The Bertz CT molecular complexity index is 492. The van der Waals surface area contributed by atoms with Crippen LogP contribution >= 0.6 is 0 Å². The molecule has 2 aliphatic rings. The fourth-order valence-electron chi connectivity index (χ4n) is 3.09. The average molecular weight is 230 g/mol. The highest BCUT2D eigenvalue weighted by atomic mass is 16.5. The second kappa shape index (κ2) is 3.69. The van der Waals surface area contributed by atoms with Crippen LogP contribution in [0, 0.1) is 11.8 Å². The summed E-state index contributed by atoms with van der Waals surface area (Å²) in [7, 11) is 0. The summed E-state index contributed by atoms with van der Waals surface area (Å²) < 4.78 is 5.36. The van der Waals surface area contributed by atoms with Crippen LogP contribution in [-0.2, 0) is 9.59 Å².